The van der Waals surface area contributed by atoms with Crippen LogP contribution in [0.2, 0.25) is 18.6 Å². The molecule has 0 radical (unpaired) electrons. The van der Waals surface area contributed by atoms with Gasteiger partial charge in [-0.2, -0.15) is 0 Å². The Hall–Kier alpha value is -4.33. The Labute approximate surface area is 292 Å². The molecule has 2 aliphatic heterocycles. The monoisotopic (exact) mass is 707 g/mol. The fourth-order valence-electron chi connectivity index (χ4n) is 7.60. The normalized spacial score (nSPS) is 21.4. The number of esters is 1. The fourth-order valence-corrected chi connectivity index (χ4v) is 10.1. The summed E-state index contributed by atoms with van der Waals surface area (Å²) in [5.41, 5.74) is -0.365. The summed E-state index contributed by atoms with van der Waals surface area (Å²) in [6, 6.07) is 17.9. The van der Waals surface area contributed by atoms with Gasteiger partial charge in [0.25, 0.3) is 11.5 Å². The third-order valence-electron chi connectivity index (χ3n) is 9.91. The maximum absolute atomic E-state index is 16.5. The predicted molar refractivity (Wildman–Crippen MR) is 188 cm³/mol. The van der Waals surface area contributed by atoms with Gasteiger partial charge in [0.2, 0.25) is 14.3 Å². The third-order valence-corrected chi connectivity index (χ3v) is 12.4. The van der Waals surface area contributed by atoms with Gasteiger partial charge in [-0.1, -0.05) is 37.3 Å². The van der Waals surface area contributed by atoms with Gasteiger partial charge in [-0.05, 0) is 61.8 Å². The molecule has 0 aliphatic carbocycles. The second-order valence-corrected chi connectivity index (χ2v) is 17.2. The van der Waals surface area contributed by atoms with Crippen LogP contribution in [0.1, 0.15) is 43.7 Å². The average molecular weight is 708 g/mol. The number of nitrogens with zero attached hydrogens (tertiary/aromatic N) is 3. The first-order valence-electron chi connectivity index (χ1n) is 17.0. The average Bonchev–Trinajstić information content (AvgIpc) is 3.52. The molecule has 0 saturated carbocycles. The molecule has 1 spiro atoms. The van der Waals surface area contributed by atoms with E-state index in [1.165, 1.54) is 23.7 Å². The van der Waals surface area contributed by atoms with Crippen LogP contribution < -0.4 is 15.2 Å². The van der Waals surface area contributed by atoms with Gasteiger partial charge in [0, 0.05) is 55.0 Å². The highest BCUT2D eigenvalue weighted by Gasteiger charge is 2.67. The van der Waals surface area contributed by atoms with Crippen molar-refractivity contribution in [2.75, 3.05) is 38.8 Å². The summed E-state index contributed by atoms with van der Waals surface area (Å²) in [6.45, 7) is 5.31. The van der Waals surface area contributed by atoms with E-state index < -0.39 is 37.1 Å². The van der Waals surface area contributed by atoms with E-state index in [-0.39, 0.29) is 62.6 Å². The Morgan fingerprint density at radius 1 is 1.06 bits per heavy atom. The number of anilines is 1. The Balaban J connectivity index is 1.56. The molecule has 1 aromatic heterocycles. The van der Waals surface area contributed by atoms with Crippen molar-refractivity contribution in [1.29, 1.82) is 0 Å². The number of hydrogen-bond acceptors (Lipinski definition) is 8. The van der Waals surface area contributed by atoms with Crippen LogP contribution in [0, 0.1) is 5.92 Å². The number of aromatic nitrogens is 1. The van der Waals surface area contributed by atoms with Gasteiger partial charge in [-0.25, -0.2) is 0 Å². The number of fused-ring (bicyclic) bond motifs is 2. The quantitative estimate of drug-likeness (QED) is 0.110. The van der Waals surface area contributed by atoms with E-state index in [2.05, 4.69) is 0 Å². The smallest absolute Gasteiger partial charge is 0.305 e. The van der Waals surface area contributed by atoms with Crippen molar-refractivity contribution in [1.82, 2.24) is 9.47 Å². The highest BCUT2D eigenvalue weighted by atomic mass is 28.4. The summed E-state index contributed by atoms with van der Waals surface area (Å²) in [5, 5.41) is 9.81. The number of rotatable bonds is 14. The van der Waals surface area contributed by atoms with E-state index in [1.54, 1.807) is 54.5 Å². The number of unbranched alkanes of at least 4 members (excludes halogenated alkanes) is 1. The van der Waals surface area contributed by atoms with Gasteiger partial charge in [-0.3, -0.25) is 23.7 Å². The van der Waals surface area contributed by atoms with Crippen molar-refractivity contribution in [2.45, 2.75) is 69.5 Å². The van der Waals surface area contributed by atoms with Gasteiger partial charge < -0.3 is 33.2 Å². The van der Waals surface area contributed by atoms with Crippen molar-refractivity contribution in [3.05, 3.63) is 88.3 Å². The maximum atomic E-state index is 16.5. The first-order chi connectivity index (χ1) is 23.9. The molecule has 2 aromatic carbocycles. The minimum absolute atomic E-state index is 0.0853. The number of carbonyl (C=O) groups excluding carboxylic acids is 3. The molecule has 50 heavy (non-hydrogen) atoms. The molecule has 5 rings (SSSR count). The zero-order chi connectivity index (χ0) is 36.2. The Kier molecular flexibility index (Phi) is 11.3. The van der Waals surface area contributed by atoms with Crippen molar-refractivity contribution in [2.24, 2.45) is 5.92 Å². The number of ether oxygens (including phenoxy) is 3. The van der Waals surface area contributed by atoms with Crippen molar-refractivity contribution in [3.63, 3.8) is 0 Å². The number of amides is 2. The molecule has 268 valence electrons. The molecule has 3 heterocycles. The highest BCUT2D eigenvalue weighted by Crippen LogP contribution is 2.60. The lowest BCUT2D eigenvalue weighted by molar-refractivity contribution is -0.149. The molecule has 3 aromatic rings. The van der Waals surface area contributed by atoms with Gasteiger partial charge in [0.15, 0.2) is 11.4 Å². The van der Waals surface area contributed by atoms with E-state index >= 15 is 4.11 Å². The standard InChI is InChI=1S/C37H46FN3O8Si/c1-25-34(50(4,5)38)31(23-32(43)39(20-21-42)24-26-12-7-6-8-13-26)49-37(25)28-22-27(40-19-11-14-30(47-2)35(40)45)16-17-29(28)41(36(37)46)18-10-9-15-33(44)48-3/h6-8,11-14,16-17,19,22,25,31,34,42H,9-10,15,18,20-21,23-24H2,1-5H3/t25-,31+,34-,37+/m0/s1. The molecule has 0 bridgehead atoms. The molecule has 13 heteroatoms. The second-order valence-electron chi connectivity index (χ2n) is 13.4. The molecule has 1 fully saturated rings. The number of benzene rings is 2. The first-order valence-corrected chi connectivity index (χ1v) is 19.9. The fraction of sp³-hybridized carbons (Fsp3) is 0.459. The topological polar surface area (TPSA) is 128 Å². The van der Waals surface area contributed by atoms with Gasteiger partial charge in [0.1, 0.15) is 0 Å². The Morgan fingerprint density at radius 3 is 2.46 bits per heavy atom. The predicted octanol–water partition coefficient (Wildman–Crippen LogP) is 4.72. The minimum atomic E-state index is -3.60. The van der Waals surface area contributed by atoms with Crippen molar-refractivity contribution in [3.8, 4) is 11.4 Å². The van der Waals surface area contributed by atoms with Crippen molar-refractivity contribution < 1.29 is 37.8 Å². The first kappa shape index (κ1) is 36.9. The third kappa shape index (κ3) is 7.12. The molecule has 11 nitrogen and oxygen atoms in total. The molecule has 4 atom stereocenters. The lowest BCUT2D eigenvalue weighted by atomic mass is 9.82. The Bertz CT molecular complexity index is 1760. The zero-order valence-electron chi connectivity index (χ0n) is 29.3. The van der Waals surface area contributed by atoms with Crippen LogP contribution in [0.4, 0.5) is 9.80 Å². The van der Waals surface area contributed by atoms with Crippen LogP contribution in [0.3, 0.4) is 0 Å². The van der Waals surface area contributed by atoms with E-state index in [4.69, 9.17) is 14.2 Å². The van der Waals surface area contributed by atoms with E-state index in [0.29, 0.717) is 29.8 Å². The van der Waals surface area contributed by atoms with E-state index in [1.807, 2.05) is 37.3 Å². The van der Waals surface area contributed by atoms with Crippen LogP contribution in [-0.4, -0.2) is 80.8 Å². The molecular weight excluding hydrogens is 662 g/mol. The summed E-state index contributed by atoms with van der Waals surface area (Å²) in [7, 11) is -0.857. The summed E-state index contributed by atoms with van der Waals surface area (Å²) < 4.78 is 34.7. The maximum Gasteiger partial charge on any atom is 0.305 e. The number of methoxy groups -OCH3 is 2. The lowest BCUT2D eigenvalue weighted by Crippen LogP contribution is -2.45. The SMILES string of the molecule is COC(=O)CCCCN1C(=O)[C@]2(O[C@H](CC(=O)N(CCO)Cc3ccccc3)[C@@H]([Si](C)(C)F)[C@@H]2C)c2cc(-n3cccc(OC)c3=O)ccc21. The largest absolute Gasteiger partial charge is 0.491 e. The van der Waals surface area contributed by atoms with Crippen molar-refractivity contribution >= 4 is 31.9 Å². The van der Waals surface area contributed by atoms with Gasteiger partial charge in [-0.15, -0.1) is 0 Å². The summed E-state index contributed by atoms with van der Waals surface area (Å²) in [5.74, 6) is -1.56. The minimum Gasteiger partial charge on any atom is -0.491 e. The number of hydrogen-bond donors (Lipinski definition) is 1. The van der Waals surface area contributed by atoms with Crippen LogP contribution >= 0.6 is 0 Å². The van der Waals surface area contributed by atoms with E-state index in [9.17, 15) is 24.3 Å². The molecular formula is C37H46FN3O8Si. The van der Waals surface area contributed by atoms with Crippen LogP contribution in [0.5, 0.6) is 5.75 Å². The zero-order valence-corrected chi connectivity index (χ0v) is 30.3. The molecule has 1 saturated heterocycles. The van der Waals surface area contributed by atoms with Crippen LogP contribution in [0.15, 0.2) is 71.7 Å². The summed E-state index contributed by atoms with van der Waals surface area (Å²) >= 11 is 0. The molecule has 2 aliphatic rings. The molecule has 2 amide bonds. The van der Waals surface area contributed by atoms with E-state index in [0.717, 1.165) is 5.56 Å². The highest BCUT2D eigenvalue weighted by molar-refractivity contribution is 6.72. The molecule has 1 N–H and O–H groups in total. The van der Waals surface area contributed by atoms with Crippen LogP contribution in [0.25, 0.3) is 5.69 Å². The number of aliphatic hydroxyl groups excluding tert-OH is 1. The summed E-state index contributed by atoms with van der Waals surface area (Å²) in [6.07, 6.45) is 1.66. The second kappa shape index (κ2) is 15.3. The number of halogens is 1. The molecule has 0 unspecified atom stereocenters. The number of aliphatic hydroxyl groups is 1. The van der Waals surface area contributed by atoms with Gasteiger partial charge in [0.05, 0.1) is 39.0 Å². The number of carbonyl (C=O) groups is 3. The van der Waals surface area contributed by atoms with Crippen LogP contribution in [-0.2, 0) is 36.0 Å². The van der Waals surface area contributed by atoms with Gasteiger partial charge >= 0.3 is 5.97 Å². The summed E-state index contributed by atoms with van der Waals surface area (Å²) in [4.78, 5) is 56.8. The number of pyridine rings is 1. The Morgan fingerprint density at radius 2 is 1.80 bits per heavy atom. The lowest BCUT2D eigenvalue weighted by Gasteiger charge is -2.31.